The minimum atomic E-state index is -0.907. The van der Waals surface area contributed by atoms with Gasteiger partial charge in [0, 0.05) is 12.1 Å². The highest BCUT2D eigenvalue weighted by molar-refractivity contribution is 6.06. The summed E-state index contributed by atoms with van der Waals surface area (Å²) in [5.41, 5.74) is 2.47. The Hall–Kier alpha value is -2.86. The lowest BCUT2D eigenvalue weighted by atomic mass is 9.95. The van der Waals surface area contributed by atoms with Gasteiger partial charge in [-0.1, -0.05) is 42.5 Å². The van der Waals surface area contributed by atoms with Crippen molar-refractivity contribution in [3.63, 3.8) is 0 Å². The van der Waals surface area contributed by atoms with Crippen LogP contribution in [-0.2, 0) is 9.53 Å². The number of carbonyl (C=O) groups excluding carboxylic acids is 2. The van der Waals surface area contributed by atoms with Crippen molar-refractivity contribution in [3.05, 3.63) is 54.1 Å². The summed E-state index contributed by atoms with van der Waals surface area (Å²) in [7, 11) is 0. The van der Waals surface area contributed by atoms with Crippen molar-refractivity contribution in [2.24, 2.45) is 0 Å². The predicted molar refractivity (Wildman–Crippen MR) is 103 cm³/mol. The molecule has 2 amide bonds. The van der Waals surface area contributed by atoms with Crippen LogP contribution in [0.25, 0.3) is 11.1 Å². The molecule has 0 aromatic heterocycles. The number of ether oxygens (including phenoxy) is 1. The van der Waals surface area contributed by atoms with Gasteiger partial charge in [-0.15, -0.1) is 0 Å². The Balaban J connectivity index is 2.09. The van der Waals surface area contributed by atoms with Gasteiger partial charge >= 0.3 is 6.09 Å². The van der Waals surface area contributed by atoms with Crippen LogP contribution >= 0.6 is 0 Å². The normalized spacial score (nSPS) is 16.2. The topological polar surface area (TPSA) is 78.9 Å². The fraction of sp³-hybridized carbons (Fsp3) is 0.333. The number of nitrogens with zero attached hydrogens (tertiary/aromatic N) is 1. The van der Waals surface area contributed by atoms with Gasteiger partial charge in [-0.2, -0.15) is 0 Å². The Kier molecular flexibility index (Phi) is 5.19. The summed E-state index contributed by atoms with van der Waals surface area (Å²) in [5, 5.41) is 12.2. The Labute approximate surface area is 158 Å². The molecule has 2 aromatic carbocycles. The number of para-hydroxylation sites is 1. The fourth-order valence-electron chi connectivity index (χ4n) is 3.23. The summed E-state index contributed by atoms with van der Waals surface area (Å²) < 4.78 is 5.35. The Morgan fingerprint density at radius 2 is 1.74 bits per heavy atom. The number of nitrogens with one attached hydrogen (secondary N) is 1. The maximum atomic E-state index is 13.3. The van der Waals surface area contributed by atoms with Crippen molar-refractivity contribution in [2.45, 2.75) is 32.4 Å². The number of rotatable bonds is 3. The Morgan fingerprint density at radius 1 is 1.11 bits per heavy atom. The third-order valence-electron chi connectivity index (χ3n) is 4.25. The lowest BCUT2D eigenvalue weighted by molar-refractivity contribution is -0.120. The van der Waals surface area contributed by atoms with Gasteiger partial charge in [0.2, 0.25) is 0 Å². The van der Waals surface area contributed by atoms with Crippen molar-refractivity contribution >= 4 is 17.7 Å². The number of hydrogen-bond acceptors (Lipinski definition) is 4. The van der Waals surface area contributed by atoms with Crippen LogP contribution in [0, 0.1) is 0 Å². The van der Waals surface area contributed by atoms with Crippen LogP contribution in [0.4, 0.5) is 10.5 Å². The summed E-state index contributed by atoms with van der Waals surface area (Å²) in [6, 6.07) is 14.1. The van der Waals surface area contributed by atoms with Gasteiger partial charge in [0.15, 0.2) is 0 Å². The SMILES string of the molecule is CC(C)(C)OC(=O)N[C@@H]1C(=O)N(CCO)c2ccccc2-c2ccccc21. The van der Waals surface area contributed by atoms with Gasteiger partial charge in [0.05, 0.1) is 12.3 Å². The molecule has 0 spiro atoms. The number of amides is 2. The largest absolute Gasteiger partial charge is 0.444 e. The molecule has 0 bridgehead atoms. The van der Waals surface area contributed by atoms with Gasteiger partial charge in [-0.25, -0.2) is 4.79 Å². The Bertz CT molecular complexity index is 857. The van der Waals surface area contributed by atoms with E-state index in [9.17, 15) is 14.7 Å². The third kappa shape index (κ3) is 3.95. The maximum Gasteiger partial charge on any atom is 0.408 e. The van der Waals surface area contributed by atoms with E-state index in [-0.39, 0.29) is 19.1 Å². The number of β-amino-alcohol motifs (C(OH)–C–C–N with tert-alkyl or cyclic N) is 1. The first-order chi connectivity index (χ1) is 12.8. The highest BCUT2D eigenvalue weighted by atomic mass is 16.6. The molecule has 0 fully saturated rings. The molecular formula is C21H24N2O4. The first-order valence-corrected chi connectivity index (χ1v) is 8.92. The lowest BCUT2D eigenvalue weighted by Gasteiger charge is -2.27. The van der Waals surface area contributed by atoms with E-state index in [0.29, 0.717) is 11.3 Å². The molecule has 0 saturated carbocycles. The number of benzene rings is 2. The monoisotopic (exact) mass is 368 g/mol. The van der Waals surface area contributed by atoms with Crippen molar-refractivity contribution in [1.29, 1.82) is 0 Å². The van der Waals surface area contributed by atoms with E-state index in [0.717, 1.165) is 11.1 Å². The number of hydrogen-bond donors (Lipinski definition) is 2. The highest BCUT2D eigenvalue weighted by Crippen LogP contribution is 2.40. The molecule has 3 rings (SSSR count). The van der Waals surface area contributed by atoms with E-state index in [4.69, 9.17) is 4.74 Å². The first kappa shape index (κ1) is 18.9. The van der Waals surface area contributed by atoms with E-state index in [1.165, 1.54) is 4.90 Å². The van der Waals surface area contributed by atoms with E-state index in [1.807, 2.05) is 48.5 Å². The van der Waals surface area contributed by atoms with Gasteiger partial charge in [-0.3, -0.25) is 4.79 Å². The quantitative estimate of drug-likeness (QED) is 0.872. The van der Waals surface area contributed by atoms with E-state index in [2.05, 4.69) is 5.32 Å². The molecule has 6 nitrogen and oxygen atoms in total. The van der Waals surface area contributed by atoms with Crippen LogP contribution < -0.4 is 10.2 Å². The second-order valence-electron chi connectivity index (χ2n) is 7.40. The molecular weight excluding hydrogens is 344 g/mol. The van der Waals surface area contributed by atoms with Crippen LogP contribution in [0.5, 0.6) is 0 Å². The average molecular weight is 368 g/mol. The molecule has 1 aliphatic heterocycles. The molecule has 0 radical (unpaired) electrons. The predicted octanol–water partition coefficient (Wildman–Crippen LogP) is 3.26. The fourth-order valence-corrected chi connectivity index (χ4v) is 3.23. The highest BCUT2D eigenvalue weighted by Gasteiger charge is 2.35. The third-order valence-corrected chi connectivity index (χ3v) is 4.25. The number of aliphatic hydroxyl groups is 1. The number of aliphatic hydroxyl groups excluding tert-OH is 1. The smallest absolute Gasteiger partial charge is 0.408 e. The van der Waals surface area contributed by atoms with Crippen LogP contribution in [-0.4, -0.2) is 35.9 Å². The van der Waals surface area contributed by atoms with E-state index < -0.39 is 17.7 Å². The molecule has 2 N–H and O–H groups in total. The minimum Gasteiger partial charge on any atom is -0.444 e. The molecule has 0 aliphatic carbocycles. The van der Waals surface area contributed by atoms with Crippen molar-refractivity contribution in [1.82, 2.24) is 5.32 Å². The molecule has 1 aliphatic rings. The standard InChI is InChI=1S/C21H24N2O4/c1-21(2,3)27-20(26)22-18-16-10-5-4-8-14(16)15-9-6-7-11-17(15)23(12-13-24)19(18)25/h4-11,18,24H,12-13H2,1-3H3,(H,22,26)/t18-/m0/s1. The lowest BCUT2D eigenvalue weighted by Crippen LogP contribution is -2.45. The van der Waals surface area contributed by atoms with Gasteiger partial charge < -0.3 is 20.1 Å². The van der Waals surface area contributed by atoms with Gasteiger partial charge in [0.25, 0.3) is 5.91 Å². The number of alkyl carbamates (subject to hydrolysis) is 1. The molecule has 27 heavy (non-hydrogen) atoms. The summed E-state index contributed by atoms with van der Waals surface area (Å²) >= 11 is 0. The number of fused-ring (bicyclic) bond motifs is 3. The molecule has 0 saturated heterocycles. The van der Waals surface area contributed by atoms with Crippen molar-refractivity contribution in [3.8, 4) is 11.1 Å². The zero-order valence-electron chi connectivity index (χ0n) is 15.7. The van der Waals surface area contributed by atoms with E-state index in [1.54, 1.807) is 20.8 Å². The molecule has 2 aromatic rings. The zero-order valence-corrected chi connectivity index (χ0v) is 15.7. The molecule has 1 atom stereocenters. The Morgan fingerprint density at radius 3 is 2.41 bits per heavy atom. The summed E-state index contributed by atoms with van der Waals surface area (Å²) in [6.45, 7) is 5.25. The molecule has 0 unspecified atom stereocenters. The maximum absolute atomic E-state index is 13.3. The summed E-state index contributed by atoms with van der Waals surface area (Å²) in [6.07, 6.45) is -0.662. The number of anilines is 1. The van der Waals surface area contributed by atoms with Crippen molar-refractivity contribution < 1.29 is 19.4 Å². The second-order valence-corrected chi connectivity index (χ2v) is 7.40. The molecule has 1 heterocycles. The summed E-state index contributed by atoms with van der Waals surface area (Å²) in [4.78, 5) is 27.2. The molecule has 6 heteroatoms. The zero-order chi connectivity index (χ0) is 19.6. The minimum absolute atomic E-state index is 0.135. The van der Waals surface area contributed by atoms with E-state index >= 15 is 0 Å². The summed E-state index contributed by atoms with van der Waals surface area (Å²) in [5.74, 6) is -0.313. The average Bonchev–Trinajstić information content (AvgIpc) is 2.70. The molecule has 142 valence electrons. The van der Waals surface area contributed by atoms with Gasteiger partial charge in [-0.05, 0) is 38.0 Å². The van der Waals surface area contributed by atoms with Crippen molar-refractivity contribution in [2.75, 3.05) is 18.1 Å². The van der Waals surface area contributed by atoms with Crippen LogP contribution in [0.2, 0.25) is 0 Å². The first-order valence-electron chi connectivity index (χ1n) is 8.92. The van der Waals surface area contributed by atoms with Gasteiger partial charge in [0.1, 0.15) is 11.6 Å². The van der Waals surface area contributed by atoms with Crippen LogP contribution in [0.1, 0.15) is 32.4 Å². The van der Waals surface area contributed by atoms with Crippen LogP contribution in [0.15, 0.2) is 48.5 Å². The number of carbonyl (C=O) groups is 2. The van der Waals surface area contributed by atoms with Crippen LogP contribution in [0.3, 0.4) is 0 Å². The second kappa shape index (κ2) is 7.40.